The Labute approximate surface area is 173 Å². The Morgan fingerprint density at radius 3 is 2.52 bits per heavy atom. The molecule has 0 saturated carbocycles. The highest BCUT2D eigenvalue weighted by Crippen LogP contribution is 2.27. The monoisotopic (exact) mass is 398 g/mol. The average Bonchev–Trinajstić information content (AvgIpc) is 2.76. The van der Waals surface area contributed by atoms with E-state index in [-0.39, 0.29) is 18.0 Å². The lowest BCUT2D eigenvalue weighted by Crippen LogP contribution is -2.08. The molecule has 0 amide bonds. The maximum Gasteiger partial charge on any atom is 0.190 e. The van der Waals surface area contributed by atoms with Crippen LogP contribution >= 0.6 is 11.8 Å². The van der Waals surface area contributed by atoms with Gasteiger partial charge in [-0.15, -0.1) is 0 Å². The number of thioether (sulfide) groups is 1. The minimum atomic E-state index is 0.154. The first-order valence-electron chi connectivity index (χ1n) is 9.08. The van der Waals surface area contributed by atoms with Crippen molar-refractivity contribution in [1.29, 1.82) is 5.26 Å². The van der Waals surface area contributed by atoms with Crippen LogP contribution in [0.5, 0.6) is 5.75 Å². The van der Waals surface area contributed by atoms with Gasteiger partial charge in [0, 0.05) is 5.75 Å². The first kappa shape index (κ1) is 18.8. The van der Waals surface area contributed by atoms with Crippen LogP contribution in [0.25, 0.3) is 10.8 Å². The molecule has 0 saturated heterocycles. The number of nitrogens with two attached hydrogens (primary N) is 1. The van der Waals surface area contributed by atoms with E-state index in [2.05, 4.69) is 40.3 Å². The Morgan fingerprint density at radius 2 is 1.69 bits per heavy atom. The molecule has 0 unspecified atom stereocenters. The number of ether oxygens (including phenoxy) is 1. The van der Waals surface area contributed by atoms with E-state index >= 15 is 0 Å². The standard InChI is InChI=1S/C23H18N4OS/c24-13-20-21(14-28-18-10-2-1-3-11-18)26-23(27-22(20)25)29-15-17-9-6-8-16-7-4-5-12-19(16)17/h1-12H,14-15H2,(H2,25,26,27). The fourth-order valence-electron chi connectivity index (χ4n) is 3.02. The molecule has 4 aromatic rings. The van der Waals surface area contributed by atoms with Crippen LogP contribution in [0.4, 0.5) is 5.82 Å². The molecule has 142 valence electrons. The van der Waals surface area contributed by atoms with E-state index in [0.717, 1.165) is 0 Å². The Morgan fingerprint density at radius 1 is 0.931 bits per heavy atom. The minimum Gasteiger partial charge on any atom is -0.487 e. The van der Waals surface area contributed by atoms with Crippen LogP contribution in [-0.4, -0.2) is 9.97 Å². The lowest BCUT2D eigenvalue weighted by atomic mass is 10.1. The van der Waals surface area contributed by atoms with Crippen molar-refractivity contribution in [3.8, 4) is 11.8 Å². The fourth-order valence-corrected chi connectivity index (χ4v) is 3.90. The number of benzene rings is 3. The van der Waals surface area contributed by atoms with E-state index in [9.17, 15) is 5.26 Å². The van der Waals surface area contributed by atoms with E-state index in [4.69, 9.17) is 10.5 Å². The second-order valence-corrected chi connectivity index (χ2v) is 7.30. The summed E-state index contributed by atoms with van der Waals surface area (Å²) in [7, 11) is 0. The molecule has 4 rings (SSSR count). The van der Waals surface area contributed by atoms with E-state index in [1.54, 1.807) is 0 Å². The van der Waals surface area contributed by atoms with Crippen LogP contribution in [0.3, 0.4) is 0 Å². The highest BCUT2D eigenvalue weighted by Gasteiger charge is 2.14. The van der Waals surface area contributed by atoms with Crippen molar-refractivity contribution in [3.63, 3.8) is 0 Å². The molecule has 0 aliphatic carbocycles. The SMILES string of the molecule is N#Cc1c(N)nc(SCc2cccc3ccccc23)nc1COc1ccccc1. The average molecular weight is 398 g/mol. The van der Waals surface area contributed by atoms with Crippen LogP contribution in [0.15, 0.2) is 78.0 Å². The second-order valence-electron chi connectivity index (χ2n) is 6.35. The second kappa shape index (κ2) is 8.63. The van der Waals surface area contributed by atoms with Gasteiger partial charge in [0.25, 0.3) is 0 Å². The molecule has 0 aliphatic heterocycles. The summed E-state index contributed by atoms with van der Waals surface area (Å²) >= 11 is 1.49. The van der Waals surface area contributed by atoms with Crippen LogP contribution in [0.2, 0.25) is 0 Å². The molecule has 1 aromatic heterocycles. The summed E-state index contributed by atoms with van der Waals surface area (Å²) in [5.74, 6) is 1.58. The van der Waals surface area contributed by atoms with E-state index in [1.807, 2.05) is 48.5 Å². The van der Waals surface area contributed by atoms with Crippen molar-refractivity contribution in [3.05, 3.63) is 89.6 Å². The number of hydrogen-bond donors (Lipinski definition) is 1. The Kier molecular flexibility index (Phi) is 5.59. The molecule has 0 spiro atoms. The fraction of sp³-hybridized carbons (Fsp3) is 0.0870. The van der Waals surface area contributed by atoms with Crippen molar-refractivity contribution >= 4 is 28.4 Å². The molecule has 2 N–H and O–H groups in total. The molecule has 5 nitrogen and oxygen atoms in total. The van der Waals surface area contributed by atoms with Gasteiger partial charge in [-0.25, -0.2) is 9.97 Å². The number of fused-ring (bicyclic) bond motifs is 1. The van der Waals surface area contributed by atoms with Crippen molar-refractivity contribution in [2.45, 2.75) is 17.5 Å². The van der Waals surface area contributed by atoms with Crippen LogP contribution in [-0.2, 0) is 12.4 Å². The molecule has 0 radical (unpaired) electrons. The van der Waals surface area contributed by atoms with Crippen LogP contribution in [0.1, 0.15) is 16.8 Å². The summed E-state index contributed by atoms with van der Waals surface area (Å²) < 4.78 is 5.76. The zero-order chi connectivity index (χ0) is 20.1. The van der Waals surface area contributed by atoms with Gasteiger partial charge < -0.3 is 10.5 Å². The quantitative estimate of drug-likeness (QED) is 0.365. The largest absolute Gasteiger partial charge is 0.487 e. The van der Waals surface area contributed by atoms with E-state index < -0.39 is 0 Å². The molecule has 6 heteroatoms. The topological polar surface area (TPSA) is 84.8 Å². The Hall–Kier alpha value is -3.56. The highest BCUT2D eigenvalue weighted by atomic mass is 32.2. The molecule has 0 atom stereocenters. The molecule has 0 bridgehead atoms. The molecule has 1 heterocycles. The summed E-state index contributed by atoms with van der Waals surface area (Å²) in [5, 5.41) is 12.4. The van der Waals surface area contributed by atoms with E-state index in [0.29, 0.717) is 22.4 Å². The van der Waals surface area contributed by atoms with Crippen molar-refractivity contribution < 1.29 is 4.74 Å². The first-order chi connectivity index (χ1) is 14.2. The smallest absolute Gasteiger partial charge is 0.190 e. The number of nitrogen functional groups attached to an aromatic ring is 1. The van der Waals surface area contributed by atoms with Crippen molar-refractivity contribution in [2.24, 2.45) is 0 Å². The Balaban J connectivity index is 1.56. The summed E-state index contributed by atoms with van der Waals surface area (Å²) in [6.07, 6.45) is 0. The number of anilines is 1. The minimum absolute atomic E-state index is 0.154. The van der Waals surface area contributed by atoms with Gasteiger partial charge in [-0.3, -0.25) is 0 Å². The maximum absolute atomic E-state index is 9.44. The van der Waals surface area contributed by atoms with Crippen molar-refractivity contribution in [1.82, 2.24) is 9.97 Å². The van der Waals surface area contributed by atoms with Gasteiger partial charge in [0.15, 0.2) is 5.16 Å². The van der Waals surface area contributed by atoms with Gasteiger partial charge in [0.2, 0.25) is 0 Å². The number of aromatic nitrogens is 2. The van der Waals surface area contributed by atoms with Gasteiger partial charge in [0.1, 0.15) is 35.5 Å². The number of nitriles is 1. The Bertz CT molecular complexity index is 1180. The molecule has 0 fully saturated rings. The zero-order valence-electron chi connectivity index (χ0n) is 15.6. The molecule has 3 aromatic carbocycles. The zero-order valence-corrected chi connectivity index (χ0v) is 16.4. The summed E-state index contributed by atoms with van der Waals surface area (Å²) in [6.45, 7) is 0.154. The van der Waals surface area contributed by atoms with Gasteiger partial charge in [-0.2, -0.15) is 5.26 Å². The molecular weight excluding hydrogens is 380 g/mol. The first-order valence-corrected chi connectivity index (χ1v) is 10.1. The van der Waals surface area contributed by atoms with Gasteiger partial charge in [-0.05, 0) is 28.5 Å². The third kappa shape index (κ3) is 4.31. The lowest BCUT2D eigenvalue weighted by Gasteiger charge is -2.10. The molecule has 0 aliphatic rings. The van der Waals surface area contributed by atoms with Gasteiger partial charge in [0.05, 0.1) is 0 Å². The lowest BCUT2D eigenvalue weighted by molar-refractivity contribution is 0.299. The van der Waals surface area contributed by atoms with Gasteiger partial charge in [-0.1, -0.05) is 72.4 Å². The predicted molar refractivity (Wildman–Crippen MR) is 115 cm³/mol. The van der Waals surface area contributed by atoms with Gasteiger partial charge >= 0.3 is 0 Å². The molecular formula is C23H18N4OS. The van der Waals surface area contributed by atoms with Crippen LogP contribution in [0, 0.1) is 11.3 Å². The normalized spacial score (nSPS) is 10.6. The third-order valence-electron chi connectivity index (χ3n) is 4.46. The number of nitrogens with zero attached hydrogens (tertiary/aromatic N) is 3. The summed E-state index contributed by atoms with van der Waals surface area (Å²) in [6, 6.07) is 26.0. The number of para-hydroxylation sites is 1. The summed E-state index contributed by atoms with van der Waals surface area (Å²) in [5.41, 5.74) is 7.96. The maximum atomic E-state index is 9.44. The number of hydrogen-bond acceptors (Lipinski definition) is 6. The predicted octanol–water partition coefficient (Wildman–Crippen LogP) is 4.95. The summed E-state index contributed by atoms with van der Waals surface area (Å²) in [4.78, 5) is 8.85. The van der Waals surface area contributed by atoms with E-state index in [1.165, 1.54) is 28.1 Å². The molecule has 29 heavy (non-hydrogen) atoms. The highest BCUT2D eigenvalue weighted by molar-refractivity contribution is 7.98. The van der Waals surface area contributed by atoms with Crippen LogP contribution < -0.4 is 10.5 Å². The number of rotatable bonds is 6. The third-order valence-corrected chi connectivity index (χ3v) is 5.35. The van der Waals surface area contributed by atoms with Crippen molar-refractivity contribution in [2.75, 3.05) is 5.73 Å².